The summed E-state index contributed by atoms with van der Waals surface area (Å²) in [4.78, 5) is 0. The third kappa shape index (κ3) is 2.39. The lowest BCUT2D eigenvalue weighted by atomic mass is 9.93. The van der Waals surface area contributed by atoms with Crippen LogP contribution in [0.1, 0.15) is 24.8 Å². The first kappa shape index (κ1) is 12.7. The van der Waals surface area contributed by atoms with Gasteiger partial charge in [0.15, 0.2) is 11.5 Å². The summed E-state index contributed by atoms with van der Waals surface area (Å²) in [5.41, 5.74) is -0.00356. The van der Waals surface area contributed by atoms with Crippen molar-refractivity contribution in [2.75, 3.05) is 19.8 Å². The number of fused-ring (bicyclic) bond motifs is 1. The van der Waals surface area contributed by atoms with Gasteiger partial charge in [-0.25, -0.2) is 0 Å². The zero-order chi connectivity index (χ0) is 13.3. The highest BCUT2D eigenvalue weighted by molar-refractivity contribution is 5.45. The number of ether oxygens (including phenoxy) is 2. The molecule has 1 N–H and O–H groups in total. The molecule has 0 aliphatic carbocycles. The molecule has 1 fully saturated rings. The first-order chi connectivity index (χ1) is 9.18. The van der Waals surface area contributed by atoms with E-state index in [4.69, 9.17) is 9.47 Å². The molecule has 3 nitrogen and oxygen atoms in total. The van der Waals surface area contributed by atoms with E-state index in [1.165, 1.54) is 12.1 Å². The van der Waals surface area contributed by atoms with Crippen molar-refractivity contribution in [1.29, 1.82) is 0 Å². The minimum absolute atomic E-state index is 0.00356. The summed E-state index contributed by atoms with van der Waals surface area (Å²) in [6.07, 6.45) is 2.31. The molecule has 2 heterocycles. The average Bonchev–Trinajstić information content (AvgIpc) is 2.47. The van der Waals surface area contributed by atoms with Gasteiger partial charge in [0.2, 0.25) is 0 Å². The van der Waals surface area contributed by atoms with Gasteiger partial charge in [-0.2, -0.15) is 8.78 Å². The molecule has 1 atom stereocenters. The number of nitrogens with one attached hydrogen (secondary N) is 1. The molecule has 1 unspecified atom stereocenters. The van der Waals surface area contributed by atoms with Gasteiger partial charge in [0.1, 0.15) is 13.2 Å². The van der Waals surface area contributed by atoms with Gasteiger partial charge in [-0.05, 0) is 37.6 Å². The SMILES string of the molecule is FC(F)(c1ccc2c(c1)OCCO2)C1CCCCN1. The molecule has 19 heavy (non-hydrogen) atoms. The lowest BCUT2D eigenvalue weighted by molar-refractivity contribution is -0.0515. The van der Waals surface area contributed by atoms with E-state index in [-0.39, 0.29) is 5.56 Å². The van der Waals surface area contributed by atoms with E-state index >= 15 is 0 Å². The molecule has 1 aromatic carbocycles. The van der Waals surface area contributed by atoms with Crippen LogP contribution in [-0.2, 0) is 5.92 Å². The molecule has 0 aromatic heterocycles. The van der Waals surface area contributed by atoms with Gasteiger partial charge in [-0.1, -0.05) is 6.42 Å². The van der Waals surface area contributed by atoms with Gasteiger partial charge >= 0.3 is 0 Å². The average molecular weight is 269 g/mol. The van der Waals surface area contributed by atoms with Crippen molar-refractivity contribution >= 4 is 0 Å². The Morgan fingerprint density at radius 1 is 1.11 bits per heavy atom. The standard InChI is InChI=1S/C14H17F2NO2/c15-14(16,13-3-1-2-6-17-13)10-4-5-11-12(9-10)19-8-7-18-11/h4-5,9,13,17H,1-3,6-8H2. The number of rotatable bonds is 2. The first-order valence-corrected chi connectivity index (χ1v) is 6.69. The highest BCUT2D eigenvalue weighted by Gasteiger charge is 2.42. The van der Waals surface area contributed by atoms with Crippen LogP contribution in [0.25, 0.3) is 0 Å². The van der Waals surface area contributed by atoms with E-state index in [1.807, 2.05) is 0 Å². The van der Waals surface area contributed by atoms with Gasteiger partial charge in [0.25, 0.3) is 5.92 Å². The summed E-state index contributed by atoms with van der Waals surface area (Å²) in [7, 11) is 0. The van der Waals surface area contributed by atoms with E-state index in [1.54, 1.807) is 6.07 Å². The maximum Gasteiger partial charge on any atom is 0.288 e. The van der Waals surface area contributed by atoms with Gasteiger partial charge in [0, 0.05) is 5.56 Å². The van der Waals surface area contributed by atoms with Crippen LogP contribution in [0.2, 0.25) is 0 Å². The number of hydrogen-bond donors (Lipinski definition) is 1. The van der Waals surface area contributed by atoms with Crippen LogP contribution in [0.3, 0.4) is 0 Å². The molecular weight excluding hydrogens is 252 g/mol. The topological polar surface area (TPSA) is 30.5 Å². The van der Waals surface area contributed by atoms with Crippen molar-refractivity contribution < 1.29 is 18.3 Å². The second-order valence-electron chi connectivity index (χ2n) is 4.98. The minimum atomic E-state index is -2.88. The third-order valence-electron chi connectivity index (χ3n) is 3.68. The van der Waals surface area contributed by atoms with Crippen molar-refractivity contribution in [3.63, 3.8) is 0 Å². The van der Waals surface area contributed by atoms with Crippen molar-refractivity contribution in [2.45, 2.75) is 31.2 Å². The summed E-state index contributed by atoms with van der Waals surface area (Å²) in [5.74, 6) is -1.92. The van der Waals surface area contributed by atoms with Crippen LogP contribution < -0.4 is 14.8 Å². The Labute approximate surface area is 110 Å². The second kappa shape index (κ2) is 4.96. The Hall–Kier alpha value is -1.36. The molecule has 0 saturated carbocycles. The van der Waals surface area contributed by atoms with E-state index in [0.29, 0.717) is 37.7 Å². The molecular formula is C14H17F2NO2. The lowest BCUT2D eigenvalue weighted by Crippen LogP contribution is -2.45. The number of benzene rings is 1. The molecule has 2 aliphatic rings. The normalized spacial score (nSPS) is 23.2. The summed E-state index contributed by atoms with van der Waals surface area (Å²) < 4.78 is 39.6. The number of halogens is 2. The lowest BCUT2D eigenvalue weighted by Gasteiger charge is -2.32. The van der Waals surface area contributed by atoms with Crippen LogP contribution >= 0.6 is 0 Å². The van der Waals surface area contributed by atoms with Crippen LogP contribution in [0, 0.1) is 0 Å². The first-order valence-electron chi connectivity index (χ1n) is 6.69. The molecule has 5 heteroatoms. The van der Waals surface area contributed by atoms with Gasteiger partial charge in [0.05, 0.1) is 6.04 Å². The molecule has 3 rings (SSSR count). The van der Waals surface area contributed by atoms with Gasteiger partial charge < -0.3 is 14.8 Å². The van der Waals surface area contributed by atoms with Crippen molar-refractivity contribution in [2.24, 2.45) is 0 Å². The van der Waals surface area contributed by atoms with Crippen LogP contribution in [-0.4, -0.2) is 25.8 Å². The number of alkyl halides is 2. The molecule has 0 radical (unpaired) electrons. The number of hydrogen-bond acceptors (Lipinski definition) is 3. The van der Waals surface area contributed by atoms with Crippen LogP contribution in [0.4, 0.5) is 8.78 Å². The van der Waals surface area contributed by atoms with Gasteiger partial charge in [-0.3, -0.25) is 0 Å². The summed E-state index contributed by atoms with van der Waals surface area (Å²) >= 11 is 0. The Morgan fingerprint density at radius 2 is 1.89 bits per heavy atom. The van der Waals surface area contributed by atoms with Gasteiger partial charge in [-0.15, -0.1) is 0 Å². The van der Waals surface area contributed by atoms with Crippen LogP contribution in [0.15, 0.2) is 18.2 Å². The van der Waals surface area contributed by atoms with Crippen LogP contribution in [0.5, 0.6) is 11.5 Å². The molecule has 1 saturated heterocycles. The molecule has 0 bridgehead atoms. The highest BCUT2D eigenvalue weighted by atomic mass is 19.3. The predicted octanol–water partition coefficient (Wildman–Crippen LogP) is 2.69. The summed E-state index contributed by atoms with van der Waals surface area (Å²) in [6.45, 7) is 1.53. The Bertz CT molecular complexity index is 459. The molecule has 0 spiro atoms. The zero-order valence-corrected chi connectivity index (χ0v) is 10.6. The molecule has 104 valence electrons. The van der Waals surface area contributed by atoms with Crippen molar-refractivity contribution in [3.05, 3.63) is 23.8 Å². The highest BCUT2D eigenvalue weighted by Crippen LogP contribution is 2.40. The van der Waals surface area contributed by atoms with Crippen molar-refractivity contribution in [1.82, 2.24) is 5.32 Å². The number of piperidine rings is 1. The molecule has 1 aromatic rings. The van der Waals surface area contributed by atoms with E-state index in [0.717, 1.165) is 12.8 Å². The fraction of sp³-hybridized carbons (Fsp3) is 0.571. The maximum absolute atomic E-state index is 14.5. The van der Waals surface area contributed by atoms with Crippen molar-refractivity contribution in [3.8, 4) is 11.5 Å². The largest absolute Gasteiger partial charge is 0.486 e. The molecule has 0 amide bonds. The maximum atomic E-state index is 14.5. The predicted molar refractivity (Wildman–Crippen MR) is 67.0 cm³/mol. The third-order valence-corrected chi connectivity index (χ3v) is 3.68. The van der Waals surface area contributed by atoms with E-state index in [2.05, 4.69) is 5.32 Å². The smallest absolute Gasteiger partial charge is 0.288 e. The van der Waals surface area contributed by atoms with E-state index in [9.17, 15) is 8.78 Å². The molecule has 2 aliphatic heterocycles. The summed E-state index contributed by atoms with van der Waals surface area (Å²) in [6, 6.07) is 3.62. The Kier molecular flexibility index (Phi) is 3.31. The Balaban J connectivity index is 1.87. The fourth-order valence-electron chi connectivity index (χ4n) is 2.61. The Morgan fingerprint density at radius 3 is 2.63 bits per heavy atom. The summed E-state index contributed by atoms with van der Waals surface area (Å²) in [5, 5.41) is 2.92. The fourth-order valence-corrected chi connectivity index (χ4v) is 2.61. The monoisotopic (exact) mass is 269 g/mol. The second-order valence-corrected chi connectivity index (χ2v) is 4.98. The van der Waals surface area contributed by atoms with E-state index < -0.39 is 12.0 Å². The zero-order valence-electron chi connectivity index (χ0n) is 10.6. The minimum Gasteiger partial charge on any atom is -0.486 e. The quantitative estimate of drug-likeness (QED) is 0.895.